The highest BCUT2D eigenvalue weighted by Gasteiger charge is 2.28. The van der Waals surface area contributed by atoms with Crippen LogP contribution in [0.4, 0.5) is 18.9 Å². The second-order valence-electron chi connectivity index (χ2n) is 5.24. The first kappa shape index (κ1) is 18.4. The molecule has 0 saturated carbocycles. The molecule has 25 heavy (non-hydrogen) atoms. The van der Waals surface area contributed by atoms with Crippen LogP contribution in [0.3, 0.4) is 0 Å². The average molecular weight is 357 g/mol. The van der Waals surface area contributed by atoms with Crippen molar-refractivity contribution >= 4 is 29.3 Å². The van der Waals surface area contributed by atoms with Gasteiger partial charge in [-0.1, -0.05) is 0 Å². The highest BCUT2D eigenvalue weighted by atomic mass is 19.2. The van der Waals surface area contributed by atoms with Crippen LogP contribution in [0.25, 0.3) is 0 Å². The van der Waals surface area contributed by atoms with Gasteiger partial charge in [0.2, 0.25) is 23.6 Å². The highest BCUT2D eigenvalue weighted by molar-refractivity contribution is 6.02. The third kappa shape index (κ3) is 4.55. The minimum atomic E-state index is -1.72. The maximum atomic E-state index is 13.4. The molecule has 0 bridgehead atoms. The van der Waals surface area contributed by atoms with Gasteiger partial charge in [-0.25, -0.2) is 13.2 Å². The first-order valence-electron chi connectivity index (χ1n) is 7.33. The number of halogens is 3. The van der Waals surface area contributed by atoms with E-state index in [4.69, 9.17) is 0 Å². The van der Waals surface area contributed by atoms with Gasteiger partial charge in [-0.15, -0.1) is 0 Å². The second kappa shape index (κ2) is 7.77. The lowest BCUT2D eigenvalue weighted by Crippen LogP contribution is -2.37. The largest absolute Gasteiger partial charge is 0.347 e. The Morgan fingerprint density at radius 3 is 2.28 bits per heavy atom. The minimum Gasteiger partial charge on any atom is -0.347 e. The van der Waals surface area contributed by atoms with E-state index in [1.165, 1.54) is 0 Å². The number of carbonyl (C=O) groups is 4. The molecule has 134 valence electrons. The number of hydrogen-bond donors (Lipinski definition) is 2. The Morgan fingerprint density at radius 2 is 1.64 bits per heavy atom. The normalized spacial score (nSPS) is 14.0. The molecule has 1 aromatic carbocycles. The number of imide groups is 1. The number of benzene rings is 1. The molecule has 0 spiro atoms. The van der Waals surface area contributed by atoms with Crippen molar-refractivity contribution in [1.29, 1.82) is 0 Å². The highest BCUT2D eigenvalue weighted by Crippen LogP contribution is 2.19. The molecule has 1 aliphatic heterocycles. The third-order valence-electron chi connectivity index (χ3n) is 3.47. The molecule has 2 rings (SSSR count). The van der Waals surface area contributed by atoms with E-state index in [1.54, 1.807) is 0 Å². The molecule has 2 N–H and O–H groups in total. The van der Waals surface area contributed by atoms with Crippen molar-refractivity contribution < 1.29 is 32.3 Å². The van der Waals surface area contributed by atoms with E-state index in [2.05, 4.69) is 5.32 Å². The molecule has 1 saturated heterocycles. The Bertz CT molecular complexity index is 723. The van der Waals surface area contributed by atoms with E-state index in [1.807, 2.05) is 5.32 Å². The van der Waals surface area contributed by atoms with Crippen LogP contribution in [0.1, 0.15) is 19.3 Å². The molecule has 1 fully saturated rings. The maximum absolute atomic E-state index is 13.4. The van der Waals surface area contributed by atoms with Crippen molar-refractivity contribution in [2.45, 2.75) is 19.3 Å². The lowest BCUT2D eigenvalue weighted by molar-refractivity contribution is -0.138. The average Bonchev–Trinajstić information content (AvgIpc) is 2.90. The van der Waals surface area contributed by atoms with Crippen LogP contribution < -0.4 is 10.6 Å². The van der Waals surface area contributed by atoms with Gasteiger partial charge in [0.05, 0.1) is 12.2 Å². The van der Waals surface area contributed by atoms with Crippen LogP contribution in [0.15, 0.2) is 12.1 Å². The Kier molecular flexibility index (Phi) is 5.73. The predicted octanol–water partition coefficient (Wildman–Crippen LogP) is 0.698. The van der Waals surface area contributed by atoms with Crippen LogP contribution in [0.2, 0.25) is 0 Å². The van der Waals surface area contributed by atoms with Gasteiger partial charge >= 0.3 is 0 Å². The van der Waals surface area contributed by atoms with Crippen LogP contribution in [-0.4, -0.2) is 41.6 Å². The molecule has 0 radical (unpaired) electrons. The third-order valence-corrected chi connectivity index (χ3v) is 3.47. The van der Waals surface area contributed by atoms with Gasteiger partial charge in [-0.3, -0.25) is 24.1 Å². The van der Waals surface area contributed by atoms with Crippen LogP contribution in [0, 0.1) is 17.5 Å². The molecule has 0 atom stereocenters. The molecule has 0 unspecified atom stereocenters. The molecular formula is C15H14F3N3O4. The van der Waals surface area contributed by atoms with Gasteiger partial charge < -0.3 is 10.6 Å². The summed E-state index contributed by atoms with van der Waals surface area (Å²) in [5.74, 6) is -6.84. The minimum absolute atomic E-state index is 0.0943. The van der Waals surface area contributed by atoms with Gasteiger partial charge in [0.25, 0.3) is 0 Å². The van der Waals surface area contributed by atoms with Gasteiger partial charge in [0, 0.05) is 25.8 Å². The summed E-state index contributed by atoms with van der Waals surface area (Å²) in [5.41, 5.74) is -0.564. The summed E-state index contributed by atoms with van der Waals surface area (Å²) in [4.78, 5) is 46.9. The standard InChI is InChI=1S/C15H14F3N3O4/c16-8-1-2-9(15(18)14(8)17)20-11(23)7-19-10(22)5-6-21-12(24)3-4-13(21)25/h1-2H,3-7H2,(H,19,22)(H,20,23). The van der Waals surface area contributed by atoms with E-state index in [9.17, 15) is 32.3 Å². The Morgan fingerprint density at radius 1 is 1.00 bits per heavy atom. The summed E-state index contributed by atoms with van der Waals surface area (Å²) in [7, 11) is 0. The predicted molar refractivity (Wildman–Crippen MR) is 78.5 cm³/mol. The van der Waals surface area contributed by atoms with Crippen molar-refractivity contribution in [3.8, 4) is 0 Å². The molecule has 1 aliphatic rings. The lowest BCUT2D eigenvalue weighted by atomic mass is 10.2. The Hall–Kier alpha value is -2.91. The number of nitrogens with zero attached hydrogens (tertiary/aromatic N) is 1. The van der Waals surface area contributed by atoms with Crippen molar-refractivity contribution in [3.05, 3.63) is 29.6 Å². The molecule has 1 heterocycles. The van der Waals surface area contributed by atoms with Crippen molar-refractivity contribution in [2.75, 3.05) is 18.4 Å². The zero-order chi connectivity index (χ0) is 18.6. The van der Waals surface area contributed by atoms with E-state index < -0.39 is 41.5 Å². The fraction of sp³-hybridized carbons (Fsp3) is 0.333. The van der Waals surface area contributed by atoms with E-state index in [0.29, 0.717) is 6.07 Å². The van der Waals surface area contributed by atoms with Crippen molar-refractivity contribution in [1.82, 2.24) is 10.2 Å². The number of rotatable bonds is 6. The first-order chi connectivity index (χ1) is 11.8. The summed E-state index contributed by atoms with van der Waals surface area (Å²) >= 11 is 0. The summed E-state index contributed by atoms with van der Waals surface area (Å²) in [5, 5.41) is 4.20. The van der Waals surface area contributed by atoms with E-state index in [-0.39, 0.29) is 37.6 Å². The van der Waals surface area contributed by atoms with E-state index >= 15 is 0 Å². The summed E-state index contributed by atoms with van der Waals surface area (Å²) in [6.07, 6.45) is 0.0373. The molecular weight excluding hydrogens is 343 g/mol. The lowest BCUT2D eigenvalue weighted by Gasteiger charge is -2.13. The molecule has 4 amide bonds. The second-order valence-corrected chi connectivity index (χ2v) is 5.24. The van der Waals surface area contributed by atoms with Crippen LogP contribution in [0.5, 0.6) is 0 Å². The van der Waals surface area contributed by atoms with Crippen LogP contribution >= 0.6 is 0 Å². The summed E-state index contributed by atoms with van der Waals surface area (Å²) in [6, 6.07) is 1.49. The van der Waals surface area contributed by atoms with Gasteiger partial charge in [0.1, 0.15) is 0 Å². The number of amides is 4. The maximum Gasteiger partial charge on any atom is 0.243 e. The number of hydrogen-bond acceptors (Lipinski definition) is 4. The van der Waals surface area contributed by atoms with Crippen LogP contribution in [-0.2, 0) is 19.2 Å². The van der Waals surface area contributed by atoms with Gasteiger partial charge in [-0.2, -0.15) is 0 Å². The number of carbonyl (C=O) groups excluding carboxylic acids is 4. The molecule has 1 aromatic rings. The number of nitrogens with one attached hydrogen (secondary N) is 2. The number of anilines is 1. The molecule has 0 aromatic heterocycles. The van der Waals surface area contributed by atoms with Gasteiger partial charge in [-0.05, 0) is 12.1 Å². The molecule has 7 nitrogen and oxygen atoms in total. The zero-order valence-electron chi connectivity index (χ0n) is 12.9. The number of likely N-dealkylation sites (tertiary alicyclic amines) is 1. The summed E-state index contributed by atoms with van der Waals surface area (Å²) < 4.78 is 39.2. The zero-order valence-corrected chi connectivity index (χ0v) is 12.9. The van der Waals surface area contributed by atoms with Crippen molar-refractivity contribution in [3.63, 3.8) is 0 Å². The first-order valence-corrected chi connectivity index (χ1v) is 7.33. The Balaban J connectivity index is 1.78. The fourth-order valence-electron chi connectivity index (χ4n) is 2.17. The smallest absolute Gasteiger partial charge is 0.243 e. The molecule has 10 heteroatoms. The SMILES string of the molecule is O=C(CCN1C(=O)CCC1=O)NCC(=O)Nc1ccc(F)c(F)c1F. The fourth-order valence-corrected chi connectivity index (χ4v) is 2.17. The Labute approximate surface area is 140 Å². The van der Waals surface area contributed by atoms with E-state index in [0.717, 1.165) is 11.0 Å². The van der Waals surface area contributed by atoms with Crippen molar-refractivity contribution in [2.24, 2.45) is 0 Å². The molecule has 0 aliphatic carbocycles. The van der Waals surface area contributed by atoms with Gasteiger partial charge in [0.15, 0.2) is 17.5 Å². The summed E-state index contributed by atoms with van der Waals surface area (Å²) in [6.45, 7) is -0.637. The quantitative estimate of drug-likeness (QED) is 0.579. The monoisotopic (exact) mass is 357 g/mol. The topological polar surface area (TPSA) is 95.6 Å².